The SMILES string of the molecule is NSc1ccc(-c2cn(C3CCOC3)c3cc[nH]c(=O)c23)cc1.O.O. The number of H-pyrrole nitrogens is 1. The molecule has 4 rings (SSSR count). The van der Waals surface area contributed by atoms with Crippen molar-refractivity contribution in [2.24, 2.45) is 5.14 Å². The van der Waals surface area contributed by atoms with Crippen LogP contribution < -0.4 is 10.7 Å². The van der Waals surface area contributed by atoms with Crippen molar-refractivity contribution in [1.29, 1.82) is 0 Å². The highest BCUT2D eigenvalue weighted by Gasteiger charge is 2.22. The van der Waals surface area contributed by atoms with Gasteiger partial charge in [0.2, 0.25) is 0 Å². The first kappa shape index (κ1) is 19.2. The van der Waals surface area contributed by atoms with Crippen LogP contribution in [0, 0.1) is 0 Å². The number of nitrogens with two attached hydrogens (primary N) is 1. The Morgan fingerprint density at radius 2 is 1.96 bits per heavy atom. The summed E-state index contributed by atoms with van der Waals surface area (Å²) in [4.78, 5) is 16.2. The van der Waals surface area contributed by atoms with E-state index in [4.69, 9.17) is 9.88 Å². The van der Waals surface area contributed by atoms with Crippen LogP contribution in [-0.4, -0.2) is 33.7 Å². The van der Waals surface area contributed by atoms with Gasteiger partial charge in [0.15, 0.2) is 0 Å². The number of fused-ring (bicyclic) bond motifs is 1. The number of ether oxygens (including phenoxy) is 1. The Hall–Kier alpha value is -2.10. The van der Waals surface area contributed by atoms with E-state index in [2.05, 4.69) is 15.7 Å². The number of aromatic nitrogens is 2. The van der Waals surface area contributed by atoms with Gasteiger partial charge in [0.25, 0.3) is 5.56 Å². The van der Waals surface area contributed by atoms with Crippen LogP contribution in [-0.2, 0) is 4.74 Å². The fourth-order valence-corrected chi connectivity index (χ4v) is 3.49. The van der Waals surface area contributed by atoms with Crippen molar-refractivity contribution in [3.63, 3.8) is 0 Å². The first-order chi connectivity index (χ1) is 11.3. The minimum atomic E-state index is -0.0626. The van der Waals surface area contributed by atoms with E-state index < -0.39 is 0 Å². The lowest BCUT2D eigenvalue weighted by Crippen LogP contribution is -2.09. The van der Waals surface area contributed by atoms with Gasteiger partial charge < -0.3 is 25.2 Å². The normalized spacial score (nSPS) is 16.4. The Bertz CT molecular complexity index is 898. The number of nitrogens with zero attached hydrogens (tertiary/aromatic N) is 1. The molecule has 134 valence electrons. The molecular weight excluding hydrogens is 342 g/mol. The number of hydrogen-bond donors (Lipinski definition) is 2. The summed E-state index contributed by atoms with van der Waals surface area (Å²) in [6, 6.07) is 10.2. The molecule has 1 aliphatic heterocycles. The smallest absolute Gasteiger partial charge is 0.258 e. The Morgan fingerprint density at radius 1 is 1.20 bits per heavy atom. The highest BCUT2D eigenvalue weighted by molar-refractivity contribution is 7.97. The maximum atomic E-state index is 12.4. The predicted octanol–water partition coefficient (Wildman–Crippen LogP) is 1.27. The Balaban J connectivity index is 0.00000113. The van der Waals surface area contributed by atoms with Crippen LogP contribution in [0.2, 0.25) is 0 Å². The van der Waals surface area contributed by atoms with Gasteiger partial charge in [0.05, 0.1) is 23.6 Å². The fraction of sp³-hybridized carbons (Fsp3) is 0.235. The average molecular weight is 363 g/mol. The molecule has 1 aromatic carbocycles. The molecule has 25 heavy (non-hydrogen) atoms. The predicted molar refractivity (Wildman–Crippen MR) is 99.7 cm³/mol. The second kappa shape index (κ2) is 7.85. The monoisotopic (exact) mass is 363 g/mol. The van der Waals surface area contributed by atoms with Crippen molar-refractivity contribution in [3.8, 4) is 11.1 Å². The molecule has 0 amide bonds. The van der Waals surface area contributed by atoms with Crippen LogP contribution in [0.5, 0.6) is 0 Å². The number of hydrogen-bond acceptors (Lipinski definition) is 4. The van der Waals surface area contributed by atoms with Crippen LogP contribution in [0.3, 0.4) is 0 Å². The number of rotatable bonds is 3. The van der Waals surface area contributed by atoms with Crippen molar-refractivity contribution >= 4 is 22.9 Å². The van der Waals surface area contributed by atoms with Gasteiger partial charge in [-0.1, -0.05) is 12.1 Å². The van der Waals surface area contributed by atoms with E-state index in [1.165, 1.54) is 11.9 Å². The highest BCUT2D eigenvalue weighted by Crippen LogP contribution is 2.33. The first-order valence-corrected chi connectivity index (χ1v) is 8.43. The van der Waals surface area contributed by atoms with E-state index in [9.17, 15) is 4.79 Å². The molecule has 1 saturated heterocycles. The molecule has 0 spiro atoms. The van der Waals surface area contributed by atoms with Crippen molar-refractivity contribution in [2.45, 2.75) is 17.4 Å². The van der Waals surface area contributed by atoms with Crippen molar-refractivity contribution < 1.29 is 15.7 Å². The summed E-state index contributed by atoms with van der Waals surface area (Å²) >= 11 is 1.22. The topological polar surface area (TPSA) is 136 Å². The van der Waals surface area contributed by atoms with Gasteiger partial charge in [-0.2, -0.15) is 0 Å². The van der Waals surface area contributed by atoms with Gasteiger partial charge in [0.1, 0.15) is 0 Å². The van der Waals surface area contributed by atoms with Crippen LogP contribution in [0.15, 0.2) is 52.4 Å². The average Bonchev–Trinajstić information content (AvgIpc) is 3.23. The highest BCUT2D eigenvalue weighted by atomic mass is 32.2. The molecule has 3 heterocycles. The lowest BCUT2D eigenvalue weighted by molar-refractivity contribution is 0.187. The number of benzene rings is 1. The Labute approximate surface area is 148 Å². The molecule has 0 aliphatic carbocycles. The second-order valence-corrected chi connectivity index (χ2v) is 6.38. The summed E-state index contributed by atoms with van der Waals surface area (Å²) in [7, 11) is 0. The molecule has 2 aromatic heterocycles. The van der Waals surface area contributed by atoms with Crippen LogP contribution in [0.4, 0.5) is 0 Å². The molecule has 0 radical (unpaired) electrons. The maximum absolute atomic E-state index is 12.4. The molecule has 3 aromatic rings. The van der Waals surface area contributed by atoms with Crippen molar-refractivity contribution in [3.05, 3.63) is 53.1 Å². The Kier molecular flexibility index (Phi) is 6.04. The number of pyridine rings is 1. The third-order valence-corrected chi connectivity index (χ3v) is 4.90. The van der Waals surface area contributed by atoms with Crippen molar-refractivity contribution in [1.82, 2.24) is 9.55 Å². The van der Waals surface area contributed by atoms with Gasteiger partial charge in [-0.25, -0.2) is 0 Å². The third-order valence-electron chi connectivity index (χ3n) is 4.35. The standard InChI is InChI=1S/C17H17N3O2S.2H2O/c18-23-13-3-1-11(2-4-13)14-9-20(12-6-8-22-10-12)15-5-7-19-17(21)16(14)15;;/h1-5,7,9,12H,6,8,10,18H2,(H,19,21);2*1H2. The zero-order chi connectivity index (χ0) is 15.8. The van der Waals surface area contributed by atoms with Crippen LogP contribution in [0.25, 0.3) is 22.0 Å². The first-order valence-electron chi connectivity index (χ1n) is 7.55. The molecule has 0 saturated carbocycles. The lowest BCUT2D eigenvalue weighted by atomic mass is 10.1. The van der Waals surface area contributed by atoms with Gasteiger partial charge in [-0.3, -0.25) is 9.93 Å². The van der Waals surface area contributed by atoms with Gasteiger partial charge >= 0.3 is 0 Å². The van der Waals surface area contributed by atoms with E-state index in [1.54, 1.807) is 6.20 Å². The molecule has 7 N–H and O–H groups in total. The van der Waals surface area contributed by atoms with Gasteiger partial charge in [-0.05, 0) is 42.1 Å². The summed E-state index contributed by atoms with van der Waals surface area (Å²) in [5.74, 6) is 0. The molecule has 7 nitrogen and oxygen atoms in total. The summed E-state index contributed by atoms with van der Waals surface area (Å²) in [5, 5.41) is 6.31. The maximum Gasteiger partial charge on any atom is 0.258 e. The van der Waals surface area contributed by atoms with E-state index in [0.29, 0.717) is 6.61 Å². The fourth-order valence-electron chi connectivity index (χ4n) is 3.19. The largest absolute Gasteiger partial charge is 0.412 e. The quantitative estimate of drug-likeness (QED) is 0.677. The van der Waals surface area contributed by atoms with Crippen molar-refractivity contribution in [2.75, 3.05) is 13.2 Å². The van der Waals surface area contributed by atoms with E-state index in [0.717, 1.165) is 40.0 Å². The lowest BCUT2D eigenvalue weighted by Gasteiger charge is -2.11. The molecule has 1 fully saturated rings. The molecule has 0 bridgehead atoms. The summed E-state index contributed by atoms with van der Waals surface area (Å²) in [5.41, 5.74) is 2.86. The summed E-state index contributed by atoms with van der Waals surface area (Å²) in [6.45, 7) is 1.46. The van der Waals surface area contributed by atoms with E-state index in [1.807, 2.05) is 30.3 Å². The van der Waals surface area contributed by atoms with Gasteiger partial charge in [0, 0.05) is 29.5 Å². The molecular formula is C17H21N3O4S. The molecule has 1 aliphatic rings. The summed E-state index contributed by atoms with van der Waals surface area (Å²) < 4.78 is 7.69. The zero-order valence-electron chi connectivity index (χ0n) is 13.5. The molecule has 1 unspecified atom stereocenters. The van der Waals surface area contributed by atoms with E-state index in [-0.39, 0.29) is 22.6 Å². The zero-order valence-corrected chi connectivity index (χ0v) is 14.3. The minimum absolute atomic E-state index is 0. The van der Waals surface area contributed by atoms with Crippen LogP contribution in [0.1, 0.15) is 12.5 Å². The number of nitrogens with one attached hydrogen (secondary N) is 1. The summed E-state index contributed by atoms with van der Waals surface area (Å²) in [6.07, 6.45) is 4.75. The molecule has 1 atom stereocenters. The third kappa shape index (κ3) is 3.35. The van der Waals surface area contributed by atoms with E-state index >= 15 is 0 Å². The second-order valence-electron chi connectivity index (χ2n) is 5.68. The number of aromatic amines is 1. The Morgan fingerprint density at radius 3 is 2.60 bits per heavy atom. The van der Waals surface area contributed by atoms with Crippen LogP contribution >= 0.6 is 11.9 Å². The minimum Gasteiger partial charge on any atom is -0.412 e. The molecule has 8 heteroatoms. The van der Waals surface area contributed by atoms with Gasteiger partial charge in [-0.15, -0.1) is 0 Å².